The molecule has 0 aliphatic heterocycles. The van der Waals surface area contributed by atoms with Crippen LogP contribution in [0.3, 0.4) is 0 Å². The van der Waals surface area contributed by atoms with E-state index in [0.29, 0.717) is 34.7 Å². The van der Waals surface area contributed by atoms with Gasteiger partial charge in [0, 0.05) is 9.52 Å². The minimum absolute atomic E-state index is 0.0514. The van der Waals surface area contributed by atoms with E-state index in [1.165, 1.54) is 0 Å². The Balaban J connectivity index is 0.000000293. The number of hydrogen-bond donors (Lipinski definition) is 0. The second kappa shape index (κ2) is 22.7. The number of aryl methyl sites for hydroxylation is 4. The second-order valence-corrected chi connectivity index (χ2v) is 19.0. The molecule has 0 amide bonds. The van der Waals surface area contributed by atoms with Crippen LogP contribution in [0, 0.1) is 0 Å². The maximum absolute atomic E-state index is 13.3. The average Bonchev–Trinajstić information content (AvgIpc) is 3.81. The van der Waals surface area contributed by atoms with Crippen LogP contribution in [-0.2, 0) is 71.2 Å². The van der Waals surface area contributed by atoms with Gasteiger partial charge in [0.25, 0.3) is 0 Å². The van der Waals surface area contributed by atoms with E-state index in [1.807, 2.05) is 64.1 Å². The summed E-state index contributed by atoms with van der Waals surface area (Å²) in [6.07, 6.45) is -15.4. The van der Waals surface area contributed by atoms with Gasteiger partial charge in [-0.3, -0.25) is 0 Å². The van der Waals surface area contributed by atoms with E-state index in [2.05, 4.69) is 13.1 Å². The first-order chi connectivity index (χ1) is 28.9. The molecule has 16 heteroatoms. The van der Waals surface area contributed by atoms with Gasteiger partial charge in [0.05, 0.1) is 22.3 Å². The zero-order valence-corrected chi connectivity index (χ0v) is 39.6. The second-order valence-electron chi connectivity index (χ2n) is 14.3. The fourth-order valence-electron chi connectivity index (χ4n) is 7.02. The predicted molar refractivity (Wildman–Crippen MR) is 226 cm³/mol. The molecule has 6 aromatic rings. The van der Waals surface area contributed by atoms with Crippen LogP contribution in [0.1, 0.15) is 85.0 Å². The van der Waals surface area contributed by atoms with Crippen LogP contribution in [0.2, 0.25) is 13.1 Å². The van der Waals surface area contributed by atoms with E-state index in [9.17, 15) is 52.7 Å². The summed E-state index contributed by atoms with van der Waals surface area (Å²) in [5.74, 6) is 0. The number of alkyl halides is 12. The summed E-state index contributed by atoms with van der Waals surface area (Å²) in [6, 6.07) is 18.5. The molecule has 0 atom stereocenters. The molecule has 0 fully saturated rings. The molecule has 0 unspecified atom stereocenters. The zero-order chi connectivity index (χ0) is 46.8. The standard InChI is InChI=1S/2C22H19F6.C2H6Si.2ClH.Zr/c2*1-3-5-14-6-7-15-8-13(4-2)9-19(15)20(14)16-10-17(21(23,24)25)12-18(11-16)22(26,27)28;1-3-2;;;/h2*6-12H,3-5H2,1-2H3;1-2H3;2*1H;/q2*-1;;;;+4/p-2. The summed E-state index contributed by atoms with van der Waals surface area (Å²) >= 11 is -0.826. The van der Waals surface area contributed by atoms with Crippen LogP contribution in [-0.4, -0.2) is 9.52 Å². The van der Waals surface area contributed by atoms with Crippen molar-refractivity contribution in [3.63, 3.8) is 0 Å². The number of halogens is 14. The van der Waals surface area contributed by atoms with Crippen LogP contribution < -0.4 is 0 Å². The molecule has 0 N–H and O–H groups in total. The Morgan fingerprint density at radius 3 is 0.984 bits per heavy atom. The number of fused-ring (bicyclic) bond motifs is 2. The SMILES string of the molecule is CCCc1ccc2[cH-]c(CC)cc2c1-c1cc(C(F)(F)F)cc(C(F)(F)F)c1.CCCc1ccc2[cH-]c(CC)cc2c1-c1cc(C(F)(F)F)cc(C(F)(F)F)c1.C[Si]C.[Cl][Zr+2][Cl]. The quantitative estimate of drug-likeness (QED) is 0.0810. The first kappa shape index (κ1) is 53.3. The van der Waals surface area contributed by atoms with Crippen molar-refractivity contribution in [2.75, 3.05) is 0 Å². The zero-order valence-electron chi connectivity index (χ0n) is 34.6. The predicted octanol–water partition coefficient (Wildman–Crippen LogP) is 17.7. The van der Waals surface area contributed by atoms with Gasteiger partial charge in [-0.2, -0.15) is 64.8 Å². The molecule has 0 aromatic heterocycles. The Hall–Kier alpha value is -3.06. The van der Waals surface area contributed by atoms with Crippen molar-refractivity contribution in [2.24, 2.45) is 0 Å². The molecule has 334 valence electrons. The molecule has 0 heterocycles. The molecule has 0 aliphatic carbocycles. The Kier molecular flexibility index (Phi) is 19.5. The fourth-order valence-corrected chi connectivity index (χ4v) is 7.02. The fraction of sp³-hybridized carbons (Fsp3) is 0.348. The topological polar surface area (TPSA) is 0 Å². The summed E-state index contributed by atoms with van der Waals surface area (Å²) in [5, 5.41) is 3.01. The maximum atomic E-state index is 13.3. The molecular formula is C46H44Cl2F12SiZr. The van der Waals surface area contributed by atoms with Crippen LogP contribution in [0.15, 0.2) is 84.9 Å². The summed E-state index contributed by atoms with van der Waals surface area (Å²) in [7, 11) is 11.0. The van der Waals surface area contributed by atoms with Gasteiger partial charge in [-0.1, -0.05) is 75.9 Å². The molecule has 0 saturated carbocycles. The van der Waals surface area contributed by atoms with Gasteiger partial charge in [-0.25, -0.2) is 0 Å². The summed E-state index contributed by atoms with van der Waals surface area (Å²) in [4.78, 5) is 0. The minimum atomic E-state index is -4.87. The van der Waals surface area contributed by atoms with Gasteiger partial charge in [0.15, 0.2) is 0 Å². The van der Waals surface area contributed by atoms with E-state index in [0.717, 1.165) is 92.5 Å². The molecule has 0 bridgehead atoms. The van der Waals surface area contributed by atoms with Crippen LogP contribution in [0.25, 0.3) is 43.8 Å². The van der Waals surface area contributed by atoms with Crippen molar-refractivity contribution in [2.45, 2.75) is 104 Å². The Bertz CT molecular complexity index is 2140. The summed E-state index contributed by atoms with van der Waals surface area (Å²) < 4.78 is 160. The average molecular weight is 1020 g/mol. The van der Waals surface area contributed by atoms with Crippen molar-refractivity contribution < 1.29 is 73.5 Å². The summed E-state index contributed by atoms with van der Waals surface area (Å²) in [6.45, 7) is 12.0. The molecule has 0 saturated heterocycles. The van der Waals surface area contributed by atoms with Crippen molar-refractivity contribution in [1.82, 2.24) is 0 Å². The van der Waals surface area contributed by atoms with E-state index in [1.54, 1.807) is 12.1 Å². The van der Waals surface area contributed by atoms with E-state index in [-0.39, 0.29) is 23.3 Å². The Labute approximate surface area is 375 Å². The number of rotatable bonds is 8. The van der Waals surface area contributed by atoms with E-state index < -0.39 is 67.8 Å². The van der Waals surface area contributed by atoms with Gasteiger partial charge in [-0.05, 0) is 73.2 Å². The van der Waals surface area contributed by atoms with Gasteiger partial charge in [-0.15, -0.1) is 69.1 Å². The molecule has 6 rings (SSSR count). The number of hydrogen-bond acceptors (Lipinski definition) is 0. The molecule has 62 heavy (non-hydrogen) atoms. The van der Waals surface area contributed by atoms with Gasteiger partial charge in [0.2, 0.25) is 0 Å². The van der Waals surface area contributed by atoms with Gasteiger partial charge >= 0.3 is 62.6 Å². The summed E-state index contributed by atoms with van der Waals surface area (Å²) in [5.41, 5.74) is -0.886. The van der Waals surface area contributed by atoms with Crippen LogP contribution in [0.5, 0.6) is 0 Å². The van der Waals surface area contributed by atoms with Crippen LogP contribution >= 0.6 is 17.0 Å². The van der Waals surface area contributed by atoms with Crippen LogP contribution in [0.4, 0.5) is 52.7 Å². The third kappa shape index (κ3) is 14.0. The third-order valence-corrected chi connectivity index (χ3v) is 9.68. The normalized spacial score (nSPS) is 11.9. The first-order valence-corrected chi connectivity index (χ1v) is 27.8. The van der Waals surface area contributed by atoms with Crippen molar-refractivity contribution in [3.05, 3.63) is 129 Å². The van der Waals surface area contributed by atoms with Gasteiger partial charge < -0.3 is 0 Å². The molecule has 0 nitrogen and oxygen atoms in total. The number of benzene rings is 4. The molecular weight excluding hydrogens is 971 g/mol. The van der Waals surface area contributed by atoms with E-state index >= 15 is 0 Å². The first-order valence-electron chi connectivity index (χ1n) is 19.5. The monoisotopic (exact) mass is 1010 g/mol. The molecule has 0 spiro atoms. The Morgan fingerprint density at radius 1 is 0.484 bits per heavy atom. The van der Waals surface area contributed by atoms with Crippen molar-refractivity contribution >= 4 is 48.1 Å². The van der Waals surface area contributed by atoms with Crippen molar-refractivity contribution in [1.29, 1.82) is 0 Å². The van der Waals surface area contributed by atoms with E-state index in [4.69, 9.17) is 17.0 Å². The molecule has 6 aromatic carbocycles. The van der Waals surface area contributed by atoms with Crippen molar-refractivity contribution in [3.8, 4) is 22.3 Å². The molecule has 0 aliphatic rings. The third-order valence-electron chi connectivity index (χ3n) is 9.68. The Morgan fingerprint density at radius 2 is 0.758 bits per heavy atom. The van der Waals surface area contributed by atoms with Gasteiger partial charge in [0.1, 0.15) is 0 Å². The molecule has 2 radical (unpaired) electrons.